The average Bonchev–Trinajstić information content (AvgIpc) is 3.50. The van der Waals surface area contributed by atoms with E-state index in [0.29, 0.717) is 62.9 Å². The first-order valence-corrected chi connectivity index (χ1v) is 20.2. The number of carbonyl (C=O) groups excluding carboxylic acids is 4. The lowest BCUT2D eigenvalue weighted by Crippen LogP contribution is -2.59. The molecule has 0 unspecified atom stereocenters. The Bertz CT molecular complexity index is 1700. The first-order chi connectivity index (χ1) is 27.0. The number of rotatable bonds is 15. The van der Waals surface area contributed by atoms with Crippen molar-refractivity contribution in [3.05, 3.63) is 30.1 Å². The van der Waals surface area contributed by atoms with Gasteiger partial charge < -0.3 is 41.0 Å². The SMILES string of the molecule is CC(C)CN[C@@H]1CC[C@H](N2CC[C@H](Nc3ncnc4ccc(C(F)(F)F)cc34)C2=O)[C@H](NC(=O)C2CCC(NC(=O)CCOCCOC(=O)NC(C)(C)C)CC2)C1. The minimum absolute atomic E-state index is 0.0447. The second-order valence-corrected chi connectivity index (χ2v) is 17.0. The Labute approximate surface area is 332 Å². The van der Waals surface area contributed by atoms with E-state index < -0.39 is 29.4 Å². The number of amides is 4. The van der Waals surface area contributed by atoms with Crippen LogP contribution < -0.4 is 26.6 Å². The first-order valence-electron chi connectivity index (χ1n) is 20.2. The van der Waals surface area contributed by atoms with E-state index in [-0.39, 0.29) is 85.3 Å². The molecule has 4 atom stereocenters. The average molecular weight is 805 g/mol. The largest absolute Gasteiger partial charge is 0.447 e. The van der Waals surface area contributed by atoms with Crippen molar-refractivity contribution in [2.24, 2.45) is 11.8 Å². The summed E-state index contributed by atoms with van der Waals surface area (Å²) in [6.45, 7) is 11.6. The van der Waals surface area contributed by atoms with Crippen molar-refractivity contribution in [3.63, 3.8) is 0 Å². The fourth-order valence-electron chi connectivity index (χ4n) is 7.85. The number of hydrogen-bond acceptors (Lipinski definition) is 10. The number of halogens is 3. The van der Waals surface area contributed by atoms with Gasteiger partial charge in [-0.15, -0.1) is 0 Å². The summed E-state index contributed by atoms with van der Waals surface area (Å²) in [4.78, 5) is 62.2. The molecule has 3 fully saturated rings. The van der Waals surface area contributed by atoms with Gasteiger partial charge in [-0.1, -0.05) is 13.8 Å². The van der Waals surface area contributed by atoms with Gasteiger partial charge in [0, 0.05) is 41.9 Å². The summed E-state index contributed by atoms with van der Waals surface area (Å²) in [5, 5.41) is 16.0. The molecule has 0 spiro atoms. The molecule has 4 amide bonds. The summed E-state index contributed by atoms with van der Waals surface area (Å²) in [7, 11) is 0. The number of benzene rings is 1. The molecule has 57 heavy (non-hydrogen) atoms. The summed E-state index contributed by atoms with van der Waals surface area (Å²) in [6, 6.07) is 2.18. The topological polar surface area (TPSA) is 176 Å². The van der Waals surface area contributed by atoms with E-state index in [1.165, 1.54) is 12.4 Å². The van der Waals surface area contributed by atoms with Crippen LogP contribution in [0, 0.1) is 11.8 Å². The van der Waals surface area contributed by atoms with Crippen molar-refractivity contribution < 1.29 is 41.8 Å². The molecule has 1 saturated heterocycles. The Balaban J connectivity index is 1.12. The van der Waals surface area contributed by atoms with Crippen molar-refractivity contribution in [3.8, 4) is 0 Å². The number of ether oxygens (including phenoxy) is 2. The maximum Gasteiger partial charge on any atom is 0.416 e. The normalized spacial score (nSPS) is 24.4. The third-order valence-corrected chi connectivity index (χ3v) is 10.7. The zero-order valence-corrected chi connectivity index (χ0v) is 33.7. The summed E-state index contributed by atoms with van der Waals surface area (Å²) in [5.74, 6) is 0.0236. The quantitative estimate of drug-likeness (QED) is 0.156. The second-order valence-electron chi connectivity index (χ2n) is 17.0. The van der Waals surface area contributed by atoms with Crippen LogP contribution in [0.5, 0.6) is 0 Å². The van der Waals surface area contributed by atoms with E-state index in [4.69, 9.17) is 9.47 Å². The molecule has 5 rings (SSSR count). The standard InChI is InChI=1S/C40H59F3N8O6/c1-24(2)22-44-28-11-13-33(51-16-14-31(37(51)54)48-35-29-20-26(40(41,42)43)8-12-30(29)45-23-46-35)32(21-28)49-36(53)25-6-9-27(10-7-25)47-34(52)15-17-56-18-19-57-38(55)50-39(3,4)5/h8,12,20,23-25,27-28,31-33,44H,6-7,9-11,13-19,21-22H2,1-5H3,(H,47,52)(H,49,53)(H,50,55)(H,45,46,48)/t25?,27?,28-,31+,32-,33+/m1/s1. The molecule has 2 aromatic rings. The molecule has 2 aliphatic carbocycles. The van der Waals surface area contributed by atoms with Crippen LogP contribution in [-0.2, 0) is 30.0 Å². The van der Waals surface area contributed by atoms with Crippen molar-refractivity contribution in [2.75, 3.05) is 38.2 Å². The Morgan fingerprint density at radius 1 is 0.930 bits per heavy atom. The predicted molar refractivity (Wildman–Crippen MR) is 208 cm³/mol. The van der Waals surface area contributed by atoms with Crippen molar-refractivity contribution in [1.29, 1.82) is 0 Å². The van der Waals surface area contributed by atoms with Gasteiger partial charge in [-0.2, -0.15) is 13.2 Å². The number of carbonyl (C=O) groups is 4. The number of hydrogen-bond donors (Lipinski definition) is 5. The molecule has 1 aromatic carbocycles. The molecular weight excluding hydrogens is 745 g/mol. The van der Waals surface area contributed by atoms with Crippen molar-refractivity contribution in [1.82, 2.24) is 36.1 Å². The van der Waals surface area contributed by atoms with Crippen LogP contribution in [0.4, 0.5) is 23.8 Å². The van der Waals surface area contributed by atoms with Gasteiger partial charge in [-0.05, 0) is 103 Å². The molecule has 5 N–H and O–H groups in total. The van der Waals surface area contributed by atoms with E-state index in [1.54, 1.807) is 0 Å². The van der Waals surface area contributed by atoms with E-state index >= 15 is 0 Å². The molecule has 2 heterocycles. The fourth-order valence-corrected chi connectivity index (χ4v) is 7.85. The Morgan fingerprint density at radius 2 is 1.67 bits per heavy atom. The fraction of sp³-hybridized carbons (Fsp3) is 0.700. The summed E-state index contributed by atoms with van der Waals surface area (Å²) in [5.41, 5.74) is -0.886. The van der Waals surface area contributed by atoms with Crippen LogP contribution in [0.2, 0.25) is 0 Å². The smallest absolute Gasteiger partial charge is 0.416 e. The van der Waals surface area contributed by atoms with Crippen LogP contribution in [0.25, 0.3) is 10.9 Å². The molecule has 0 bridgehead atoms. The Kier molecular flexibility index (Phi) is 15.0. The number of fused-ring (bicyclic) bond motifs is 1. The van der Waals surface area contributed by atoms with Crippen molar-refractivity contribution in [2.45, 2.75) is 134 Å². The molecule has 0 radical (unpaired) electrons. The summed E-state index contributed by atoms with van der Waals surface area (Å²) >= 11 is 0. The Hall–Kier alpha value is -4.25. The number of nitrogens with zero attached hydrogens (tertiary/aromatic N) is 3. The summed E-state index contributed by atoms with van der Waals surface area (Å²) in [6.07, 6.45) is 1.54. The Morgan fingerprint density at radius 3 is 2.37 bits per heavy atom. The molecule has 14 nitrogen and oxygen atoms in total. The van der Waals surface area contributed by atoms with Gasteiger partial charge in [0.05, 0.1) is 36.4 Å². The molecule has 1 aliphatic heterocycles. The highest BCUT2D eigenvalue weighted by molar-refractivity contribution is 5.93. The van der Waals surface area contributed by atoms with Crippen LogP contribution in [0.15, 0.2) is 24.5 Å². The molecule has 3 aliphatic rings. The highest BCUT2D eigenvalue weighted by atomic mass is 19.4. The van der Waals surface area contributed by atoms with Crippen LogP contribution in [0.1, 0.15) is 98.0 Å². The third-order valence-electron chi connectivity index (χ3n) is 10.7. The zero-order valence-electron chi connectivity index (χ0n) is 33.7. The number of alkyl carbamates (subject to hydrolysis) is 1. The zero-order chi connectivity index (χ0) is 41.3. The van der Waals surface area contributed by atoms with Crippen LogP contribution in [0.3, 0.4) is 0 Å². The number of alkyl halides is 3. The number of aromatic nitrogens is 2. The van der Waals surface area contributed by atoms with Gasteiger partial charge >= 0.3 is 12.3 Å². The van der Waals surface area contributed by atoms with Crippen LogP contribution in [-0.4, -0.2) is 107 Å². The van der Waals surface area contributed by atoms with E-state index in [2.05, 4.69) is 50.4 Å². The third kappa shape index (κ3) is 12.9. The van der Waals surface area contributed by atoms with Crippen molar-refractivity contribution >= 4 is 40.5 Å². The second kappa shape index (κ2) is 19.5. The predicted octanol–water partition coefficient (Wildman–Crippen LogP) is 4.92. The molecule has 2 saturated carbocycles. The van der Waals surface area contributed by atoms with Gasteiger partial charge in [-0.3, -0.25) is 14.4 Å². The van der Waals surface area contributed by atoms with Gasteiger partial charge in [0.1, 0.15) is 24.8 Å². The molecule has 316 valence electrons. The van der Waals surface area contributed by atoms with E-state index in [0.717, 1.165) is 25.1 Å². The lowest BCUT2D eigenvalue weighted by atomic mass is 9.83. The molecule has 17 heteroatoms. The molecule has 1 aromatic heterocycles. The van der Waals surface area contributed by atoms with Crippen LogP contribution >= 0.6 is 0 Å². The highest BCUT2D eigenvalue weighted by Gasteiger charge is 2.43. The number of likely N-dealkylation sites (tertiary alicyclic amines) is 1. The lowest BCUT2D eigenvalue weighted by Gasteiger charge is -2.42. The maximum absolute atomic E-state index is 14.0. The number of anilines is 1. The monoisotopic (exact) mass is 804 g/mol. The number of nitrogens with one attached hydrogen (secondary N) is 5. The first kappa shape index (κ1) is 43.9. The van der Waals surface area contributed by atoms with Gasteiger partial charge in [0.15, 0.2) is 0 Å². The highest BCUT2D eigenvalue weighted by Crippen LogP contribution is 2.34. The van der Waals surface area contributed by atoms with Gasteiger partial charge in [0.2, 0.25) is 17.7 Å². The van der Waals surface area contributed by atoms with E-state index in [9.17, 15) is 32.3 Å². The minimum atomic E-state index is -4.54. The molecular formula is C40H59F3N8O6. The maximum atomic E-state index is 14.0. The van der Waals surface area contributed by atoms with E-state index in [1.807, 2.05) is 25.7 Å². The summed E-state index contributed by atoms with van der Waals surface area (Å²) < 4.78 is 51.1. The lowest BCUT2D eigenvalue weighted by molar-refractivity contribution is -0.137. The van der Waals surface area contributed by atoms with Gasteiger partial charge in [0.25, 0.3) is 0 Å². The van der Waals surface area contributed by atoms with Gasteiger partial charge in [-0.25, -0.2) is 14.8 Å². The minimum Gasteiger partial charge on any atom is -0.447 e.